The van der Waals surface area contributed by atoms with Crippen molar-refractivity contribution in [3.8, 4) is 5.75 Å². The Hall–Kier alpha value is -3.22. The molecule has 2 aromatic carbocycles. The molecule has 1 N–H and O–H groups in total. The summed E-state index contributed by atoms with van der Waals surface area (Å²) in [4.78, 5) is 30.8. The summed E-state index contributed by atoms with van der Waals surface area (Å²) in [6.07, 6.45) is 0.692. The topological polar surface area (TPSA) is 79.2 Å². The van der Waals surface area contributed by atoms with Gasteiger partial charge in [0.15, 0.2) is 0 Å². The first-order chi connectivity index (χ1) is 13.8. The summed E-state index contributed by atoms with van der Waals surface area (Å²) in [6, 6.07) is 10.2. The molecule has 0 saturated heterocycles. The van der Waals surface area contributed by atoms with E-state index in [0.717, 1.165) is 0 Å². The molecule has 7 heteroatoms. The van der Waals surface area contributed by atoms with Crippen molar-refractivity contribution in [1.29, 1.82) is 0 Å². The molecule has 0 aliphatic carbocycles. The maximum Gasteiger partial charge on any atom is 0.323 e. The van der Waals surface area contributed by atoms with E-state index in [-0.39, 0.29) is 17.6 Å². The van der Waals surface area contributed by atoms with E-state index in [9.17, 15) is 19.1 Å². The highest BCUT2D eigenvalue weighted by atomic mass is 19.1. The van der Waals surface area contributed by atoms with E-state index in [2.05, 4.69) is 0 Å². The zero-order chi connectivity index (χ0) is 21.1. The third kappa shape index (κ3) is 4.13. The molecule has 6 nitrogen and oxygen atoms in total. The smallest absolute Gasteiger partial charge is 0.323 e. The number of rotatable bonds is 6. The molecule has 1 aliphatic rings. The normalized spacial score (nSPS) is 17.2. The van der Waals surface area contributed by atoms with E-state index in [1.807, 2.05) is 13.8 Å². The van der Waals surface area contributed by atoms with Crippen LogP contribution in [0.1, 0.15) is 31.4 Å². The molecule has 29 heavy (non-hydrogen) atoms. The summed E-state index contributed by atoms with van der Waals surface area (Å²) in [7, 11) is 1.52. The van der Waals surface area contributed by atoms with E-state index in [4.69, 9.17) is 9.73 Å². The largest absolute Gasteiger partial charge is 0.497 e. The standard InChI is InChI=1S/C22H23FN2O4/c1-4-13(2)20-22(28)25(12-19(26)27)18-10-9-16(29-3)11-17(18)21(24-20)14-5-7-15(23)8-6-14/h5-11,13,20H,4,12H2,1-3H3,(H,26,27). The van der Waals surface area contributed by atoms with Gasteiger partial charge in [0.25, 0.3) is 5.91 Å². The lowest BCUT2D eigenvalue weighted by Crippen LogP contribution is -2.43. The summed E-state index contributed by atoms with van der Waals surface area (Å²) in [6.45, 7) is 3.38. The fraction of sp³-hybridized carbons (Fsp3) is 0.318. The maximum absolute atomic E-state index is 13.5. The molecule has 0 aromatic heterocycles. The monoisotopic (exact) mass is 398 g/mol. The van der Waals surface area contributed by atoms with Crippen LogP contribution in [-0.2, 0) is 9.59 Å². The van der Waals surface area contributed by atoms with Gasteiger partial charge in [-0.3, -0.25) is 19.5 Å². The van der Waals surface area contributed by atoms with Crippen molar-refractivity contribution < 1.29 is 23.8 Å². The number of fused-ring (bicyclic) bond motifs is 1. The van der Waals surface area contributed by atoms with Crippen LogP contribution in [0.4, 0.5) is 10.1 Å². The first-order valence-corrected chi connectivity index (χ1v) is 9.41. The molecule has 0 radical (unpaired) electrons. The highest BCUT2D eigenvalue weighted by Crippen LogP contribution is 2.33. The number of carbonyl (C=O) groups is 2. The Bertz CT molecular complexity index is 956. The summed E-state index contributed by atoms with van der Waals surface area (Å²) < 4.78 is 18.8. The highest BCUT2D eigenvalue weighted by Gasteiger charge is 2.35. The predicted octanol–water partition coefficient (Wildman–Crippen LogP) is 3.52. The van der Waals surface area contributed by atoms with Crippen molar-refractivity contribution in [2.24, 2.45) is 10.9 Å². The molecule has 0 bridgehead atoms. The van der Waals surface area contributed by atoms with E-state index < -0.39 is 18.6 Å². The molecule has 0 fully saturated rings. The number of benzene rings is 2. The Balaban J connectivity index is 2.28. The molecule has 3 rings (SSSR count). The Morgan fingerprint density at radius 3 is 2.55 bits per heavy atom. The van der Waals surface area contributed by atoms with Crippen molar-refractivity contribution in [2.45, 2.75) is 26.3 Å². The van der Waals surface area contributed by atoms with Gasteiger partial charge in [0.05, 0.1) is 18.5 Å². The average Bonchev–Trinajstić information content (AvgIpc) is 2.83. The Labute approximate surface area is 168 Å². The predicted molar refractivity (Wildman–Crippen MR) is 108 cm³/mol. The number of aliphatic carboxylic acids is 1. The fourth-order valence-corrected chi connectivity index (χ4v) is 3.34. The Morgan fingerprint density at radius 2 is 1.97 bits per heavy atom. The number of halogens is 1. The van der Waals surface area contributed by atoms with E-state index in [1.54, 1.807) is 30.3 Å². The van der Waals surface area contributed by atoms with Crippen LogP contribution in [0.3, 0.4) is 0 Å². The summed E-state index contributed by atoms with van der Waals surface area (Å²) in [5, 5.41) is 9.40. The minimum absolute atomic E-state index is 0.106. The van der Waals surface area contributed by atoms with Crippen molar-refractivity contribution >= 4 is 23.3 Å². The Morgan fingerprint density at radius 1 is 1.28 bits per heavy atom. The first-order valence-electron chi connectivity index (χ1n) is 9.41. The SMILES string of the molecule is CCC(C)C1N=C(c2ccc(F)cc2)c2cc(OC)ccc2N(CC(=O)O)C1=O. The van der Waals surface area contributed by atoms with Gasteiger partial charge in [-0.1, -0.05) is 20.3 Å². The maximum atomic E-state index is 13.5. The fourth-order valence-electron chi connectivity index (χ4n) is 3.34. The van der Waals surface area contributed by atoms with Gasteiger partial charge < -0.3 is 9.84 Å². The quantitative estimate of drug-likeness (QED) is 0.808. The summed E-state index contributed by atoms with van der Waals surface area (Å²) in [5.74, 6) is -1.43. The van der Waals surface area contributed by atoms with Gasteiger partial charge >= 0.3 is 5.97 Å². The van der Waals surface area contributed by atoms with Crippen LogP contribution >= 0.6 is 0 Å². The second-order valence-electron chi connectivity index (χ2n) is 7.02. The van der Waals surface area contributed by atoms with Crippen LogP contribution in [0, 0.1) is 11.7 Å². The third-order valence-electron chi connectivity index (χ3n) is 5.13. The number of carboxylic acid groups (broad SMARTS) is 1. The van der Waals surface area contributed by atoms with Gasteiger partial charge in [0.1, 0.15) is 24.2 Å². The number of hydrogen-bond donors (Lipinski definition) is 1. The first kappa shape index (κ1) is 20.5. The minimum atomic E-state index is -1.12. The zero-order valence-corrected chi connectivity index (χ0v) is 16.6. The number of hydrogen-bond acceptors (Lipinski definition) is 4. The second kappa shape index (κ2) is 8.43. The number of benzodiazepines with no additional fused rings is 1. The lowest BCUT2D eigenvalue weighted by Gasteiger charge is -2.25. The van der Waals surface area contributed by atoms with Crippen LogP contribution < -0.4 is 9.64 Å². The molecule has 2 atom stereocenters. The van der Waals surface area contributed by atoms with E-state index >= 15 is 0 Å². The lowest BCUT2D eigenvalue weighted by atomic mass is 9.97. The number of anilines is 1. The van der Waals surface area contributed by atoms with Crippen LogP contribution in [0.25, 0.3) is 0 Å². The number of carbonyl (C=O) groups excluding carboxylic acids is 1. The second-order valence-corrected chi connectivity index (χ2v) is 7.02. The van der Waals surface area contributed by atoms with Crippen LogP contribution in [-0.4, -0.2) is 42.4 Å². The molecule has 1 amide bonds. The van der Waals surface area contributed by atoms with Crippen molar-refractivity contribution in [1.82, 2.24) is 0 Å². The van der Waals surface area contributed by atoms with Crippen molar-refractivity contribution in [2.75, 3.05) is 18.6 Å². The number of aliphatic imine (C=N–C) groups is 1. The summed E-state index contributed by atoms with van der Waals surface area (Å²) in [5.41, 5.74) is 2.15. The van der Waals surface area contributed by atoms with Gasteiger partial charge in [-0.25, -0.2) is 4.39 Å². The number of carboxylic acids is 1. The molecule has 2 aromatic rings. The van der Waals surface area contributed by atoms with Gasteiger partial charge in [0.2, 0.25) is 0 Å². The number of amides is 1. The van der Waals surface area contributed by atoms with Gasteiger partial charge in [-0.05, 0) is 48.4 Å². The number of ether oxygens (including phenoxy) is 1. The van der Waals surface area contributed by atoms with Crippen LogP contribution in [0.5, 0.6) is 5.75 Å². The van der Waals surface area contributed by atoms with Crippen LogP contribution in [0.2, 0.25) is 0 Å². The van der Waals surface area contributed by atoms with Crippen LogP contribution in [0.15, 0.2) is 47.5 Å². The molecular formula is C22H23FN2O4. The Kier molecular flexibility index (Phi) is 5.96. The minimum Gasteiger partial charge on any atom is -0.497 e. The average molecular weight is 398 g/mol. The lowest BCUT2D eigenvalue weighted by molar-refractivity contribution is -0.136. The number of nitrogens with zero attached hydrogens (tertiary/aromatic N) is 2. The van der Waals surface area contributed by atoms with Gasteiger partial charge in [-0.2, -0.15) is 0 Å². The molecule has 2 unspecified atom stereocenters. The molecule has 0 saturated carbocycles. The molecule has 152 valence electrons. The molecule has 1 aliphatic heterocycles. The van der Waals surface area contributed by atoms with Crippen molar-refractivity contribution in [3.05, 3.63) is 59.4 Å². The molecule has 1 heterocycles. The third-order valence-corrected chi connectivity index (χ3v) is 5.13. The van der Waals surface area contributed by atoms with E-state index in [0.29, 0.717) is 34.7 Å². The zero-order valence-electron chi connectivity index (χ0n) is 16.6. The van der Waals surface area contributed by atoms with Gasteiger partial charge in [0, 0.05) is 11.1 Å². The summed E-state index contributed by atoms with van der Waals surface area (Å²) >= 11 is 0. The van der Waals surface area contributed by atoms with E-state index in [1.165, 1.54) is 24.1 Å². The molecule has 0 spiro atoms. The molecular weight excluding hydrogens is 375 g/mol. The van der Waals surface area contributed by atoms with Crippen molar-refractivity contribution in [3.63, 3.8) is 0 Å². The number of methoxy groups -OCH3 is 1. The van der Waals surface area contributed by atoms with Gasteiger partial charge in [-0.15, -0.1) is 0 Å². The highest BCUT2D eigenvalue weighted by molar-refractivity contribution is 6.20.